The number of hydrogen-bond donors (Lipinski definition) is 0. The maximum absolute atomic E-state index is 12.6. The van der Waals surface area contributed by atoms with Crippen molar-refractivity contribution >= 4 is 9.84 Å². The van der Waals surface area contributed by atoms with Crippen molar-refractivity contribution in [3.63, 3.8) is 0 Å². The van der Waals surface area contributed by atoms with Gasteiger partial charge in [0.2, 0.25) is 9.84 Å². The molecule has 0 fully saturated rings. The molecular weight excluding hydrogens is 246 g/mol. The van der Waals surface area contributed by atoms with Gasteiger partial charge in [-0.2, -0.15) is 0 Å². The van der Waals surface area contributed by atoms with Crippen molar-refractivity contribution in [2.24, 2.45) is 0 Å². The van der Waals surface area contributed by atoms with Gasteiger partial charge in [0.25, 0.3) is 0 Å². The van der Waals surface area contributed by atoms with Crippen molar-refractivity contribution in [1.82, 2.24) is 4.98 Å². The first-order valence-electron chi connectivity index (χ1n) is 5.67. The lowest BCUT2D eigenvalue weighted by Crippen LogP contribution is -2.09. The van der Waals surface area contributed by atoms with Gasteiger partial charge in [-0.15, -0.1) is 0 Å². The van der Waals surface area contributed by atoms with Crippen LogP contribution in [0.2, 0.25) is 0 Å². The molecule has 0 saturated heterocycles. The summed E-state index contributed by atoms with van der Waals surface area (Å²) in [4.78, 5) is 4.33. The van der Waals surface area contributed by atoms with Crippen LogP contribution in [0, 0.1) is 20.8 Å². The molecule has 0 aliphatic carbocycles. The van der Waals surface area contributed by atoms with Crippen LogP contribution in [-0.4, -0.2) is 13.4 Å². The van der Waals surface area contributed by atoms with Gasteiger partial charge in [0.1, 0.15) is 0 Å². The van der Waals surface area contributed by atoms with Gasteiger partial charge in [-0.05, 0) is 49.6 Å². The molecule has 94 valence electrons. The van der Waals surface area contributed by atoms with E-state index in [1.165, 1.54) is 12.3 Å². The second kappa shape index (κ2) is 4.53. The molecule has 0 aliphatic heterocycles. The molecule has 2 rings (SSSR count). The second-order valence-electron chi connectivity index (χ2n) is 4.32. The number of hydrogen-bond acceptors (Lipinski definition) is 3. The Morgan fingerprint density at radius 1 is 0.944 bits per heavy atom. The predicted octanol–water partition coefficient (Wildman–Crippen LogP) is 2.84. The smallest absolute Gasteiger partial charge is 0.224 e. The van der Waals surface area contributed by atoms with Crippen molar-refractivity contribution in [2.75, 3.05) is 0 Å². The number of nitrogens with zero attached hydrogens (tertiary/aromatic N) is 1. The second-order valence-corrected chi connectivity index (χ2v) is 6.16. The molecule has 0 unspecified atom stereocenters. The highest BCUT2D eigenvalue weighted by Crippen LogP contribution is 2.27. The van der Waals surface area contributed by atoms with Gasteiger partial charge >= 0.3 is 0 Å². The van der Waals surface area contributed by atoms with Crippen molar-refractivity contribution < 1.29 is 8.42 Å². The summed E-state index contributed by atoms with van der Waals surface area (Å²) in [5.41, 5.74) is 2.51. The largest absolute Gasteiger partial charge is 0.244 e. The van der Waals surface area contributed by atoms with Gasteiger partial charge in [-0.1, -0.05) is 18.2 Å². The summed E-state index contributed by atoms with van der Waals surface area (Å²) in [5.74, 6) is 0. The minimum Gasteiger partial charge on any atom is -0.244 e. The van der Waals surface area contributed by atoms with Gasteiger partial charge in [0.05, 0.1) is 4.90 Å². The van der Waals surface area contributed by atoms with E-state index in [0.717, 1.165) is 16.7 Å². The molecule has 0 bridgehead atoms. The van der Waals surface area contributed by atoms with Crippen molar-refractivity contribution in [3.05, 3.63) is 53.2 Å². The van der Waals surface area contributed by atoms with Crippen LogP contribution >= 0.6 is 0 Å². The Hall–Kier alpha value is -1.68. The topological polar surface area (TPSA) is 47.0 Å². The first kappa shape index (κ1) is 12.8. The summed E-state index contributed by atoms with van der Waals surface area (Å²) in [6.45, 7) is 5.55. The lowest BCUT2D eigenvalue weighted by atomic mass is 10.1. The summed E-state index contributed by atoms with van der Waals surface area (Å²) in [6.07, 6.45) is 1.49. The molecule has 1 aromatic carbocycles. The number of pyridine rings is 1. The third-order valence-electron chi connectivity index (χ3n) is 3.06. The third kappa shape index (κ3) is 2.04. The Morgan fingerprint density at radius 2 is 1.61 bits per heavy atom. The Labute approximate surface area is 107 Å². The van der Waals surface area contributed by atoms with Crippen LogP contribution in [0.4, 0.5) is 0 Å². The first-order chi connectivity index (χ1) is 8.44. The Kier molecular flexibility index (Phi) is 3.22. The molecule has 4 heteroatoms. The van der Waals surface area contributed by atoms with E-state index in [2.05, 4.69) is 4.98 Å². The number of aryl methyl sites for hydroxylation is 2. The summed E-state index contributed by atoms with van der Waals surface area (Å²) in [7, 11) is -3.53. The van der Waals surface area contributed by atoms with E-state index in [1.54, 1.807) is 12.1 Å². The lowest BCUT2D eigenvalue weighted by molar-refractivity contribution is 0.591. The van der Waals surface area contributed by atoms with Crippen molar-refractivity contribution in [3.8, 4) is 0 Å². The standard InChI is InChI=1S/C14H15NO2S/c1-10-7-8-11(2)14(12(10)3)18(16,17)13-6-4-5-9-15-13/h4-9H,1-3H3. The quantitative estimate of drug-likeness (QED) is 0.835. The molecule has 0 spiro atoms. The molecule has 0 aliphatic rings. The fraction of sp³-hybridized carbons (Fsp3) is 0.214. The average Bonchev–Trinajstić information content (AvgIpc) is 2.35. The summed E-state index contributed by atoms with van der Waals surface area (Å²) >= 11 is 0. The highest BCUT2D eigenvalue weighted by atomic mass is 32.2. The summed E-state index contributed by atoms with van der Waals surface area (Å²) in [6, 6.07) is 8.67. The number of aromatic nitrogens is 1. The van der Waals surface area contributed by atoms with Gasteiger partial charge < -0.3 is 0 Å². The monoisotopic (exact) mass is 261 g/mol. The van der Waals surface area contributed by atoms with E-state index in [-0.39, 0.29) is 5.03 Å². The normalized spacial score (nSPS) is 11.5. The predicted molar refractivity (Wildman–Crippen MR) is 70.3 cm³/mol. The summed E-state index contributed by atoms with van der Waals surface area (Å²) < 4.78 is 25.1. The SMILES string of the molecule is Cc1ccc(C)c(S(=O)(=O)c2ccccn2)c1C. The first-order valence-corrected chi connectivity index (χ1v) is 7.16. The minimum atomic E-state index is -3.53. The van der Waals surface area contributed by atoms with Crippen molar-refractivity contribution in [1.29, 1.82) is 0 Å². The van der Waals surface area contributed by atoms with Gasteiger partial charge in [0.15, 0.2) is 5.03 Å². The number of sulfone groups is 1. The average molecular weight is 261 g/mol. The molecule has 0 amide bonds. The van der Waals surface area contributed by atoms with Crippen LogP contribution in [0.5, 0.6) is 0 Å². The van der Waals surface area contributed by atoms with E-state index in [9.17, 15) is 8.42 Å². The van der Waals surface area contributed by atoms with Gasteiger partial charge in [0, 0.05) is 6.20 Å². The molecule has 0 N–H and O–H groups in total. The van der Waals surface area contributed by atoms with Gasteiger partial charge in [-0.25, -0.2) is 13.4 Å². The van der Waals surface area contributed by atoms with Crippen LogP contribution in [0.25, 0.3) is 0 Å². The zero-order valence-electron chi connectivity index (χ0n) is 10.6. The van der Waals surface area contributed by atoms with Crippen molar-refractivity contribution in [2.45, 2.75) is 30.7 Å². The van der Waals surface area contributed by atoms with E-state index in [1.807, 2.05) is 32.9 Å². The zero-order valence-corrected chi connectivity index (χ0v) is 11.5. The number of benzene rings is 1. The highest BCUT2D eigenvalue weighted by Gasteiger charge is 2.23. The molecule has 1 aromatic heterocycles. The number of rotatable bonds is 2. The fourth-order valence-electron chi connectivity index (χ4n) is 1.95. The Morgan fingerprint density at radius 3 is 2.22 bits per heavy atom. The lowest BCUT2D eigenvalue weighted by Gasteiger charge is -2.12. The van der Waals surface area contributed by atoms with Crippen LogP contribution < -0.4 is 0 Å². The Bertz CT molecular complexity index is 676. The maximum atomic E-state index is 12.6. The molecule has 0 atom stereocenters. The molecular formula is C14H15NO2S. The zero-order chi connectivity index (χ0) is 13.3. The molecule has 1 heterocycles. The molecule has 0 radical (unpaired) electrons. The summed E-state index contributed by atoms with van der Waals surface area (Å²) in [5, 5.41) is 0.0989. The van der Waals surface area contributed by atoms with Crippen LogP contribution in [-0.2, 0) is 9.84 Å². The maximum Gasteiger partial charge on any atom is 0.224 e. The fourth-order valence-corrected chi connectivity index (χ4v) is 3.67. The van der Waals surface area contributed by atoms with E-state index in [0.29, 0.717) is 4.90 Å². The molecule has 18 heavy (non-hydrogen) atoms. The van der Waals surface area contributed by atoms with E-state index >= 15 is 0 Å². The van der Waals surface area contributed by atoms with Gasteiger partial charge in [-0.3, -0.25) is 0 Å². The van der Waals surface area contributed by atoms with E-state index < -0.39 is 9.84 Å². The van der Waals surface area contributed by atoms with Crippen LogP contribution in [0.15, 0.2) is 46.5 Å². The Balaban J connectivity index is 2.74. The van der Waals surface area contributed by atoms with Crippen LogP contribution in [0.3, 0.4) is 0 Å². The molecule has 3 nitrogen and oxygen atoms in total. The third-order valence-corrected chi connectivity index (χ3v) is 5.01. The molecule has 2 aromatic rings. The molecule has 0 saturated carbocycles. The van der Waals surface area contributed by atoms with Crippen LogP contribution in [0.1, 0.15) is 16.7 Å². The van der Waals surface area contributed by atoms with E-state index in [4.69, 9.17) is 0 Å². The highest BCUT2D eigenvalue weighted by molar-refractivity contribution is 7.91. The minimum absolute atomic E-state index is 0.0989.